The SMILES string of the molecule is CC(=O)O.C[C@@H](OC[C@@]1(c2ccccc2)CC[C@H](N2C=NC3(CC3)C2=O)CN1)c1cc(C(F)(F)F)cc(C(F)(F)F)c1.Cc1cc([C@@H](C)OC[C@@]2(c3ccccc3)CC[C@H](NC(=O)C3(N)CC3)CN2)cc(C(F)(F)F)c1. The lowest BCUT2D eigenvalue weighted by atomic mass is 9.81. The van der Waals surface area contributed by atoms with Crippen LogP contribution in [0.3, 0.4) is 0 Å². The molecule has 0 radical (unpaired) electrons. The Morgan fingerprint density at radius 3 is 1.55 bits per heavy atom. The molecule has 4 fully saturated rings. The number of piperidine rings is 2. The molecule has 412 valence electrons. The second kappa shape index (κ2) is 22.6. The van der Waals surface area contributed by atoms with Crippen molar-refractivity contribution < 1.29 is 68.5 Å². The second-order valence-corrected chi connectivity index (χ2v) is 20.6. The van der Waals surface area contributed by atoms with Crippen molar-refractivity contribution in [2.24, 2.45) is 10.7 Å². The molecule has 2 saturated heterocycles. The first kappa shape index (κ1) is 57.8. The van der Waals surface area contributed by atoms with Gasteiger partial charge in [-0.05, 0) is 125 Å². The Kier molecular flexibility index (Phi) is 17.2. The van der Waals surface area contributed by atoms with Gasteiger partial charge in [0.2, 0.25) is 5.91 Å². The maximum absolute atomic E-state index is 13.3. The van der Waals surface area contributed by atoms with Crippen LogP contribution in [0.4, 0.5) is 39.5 Å². The van der Waals surface area contributed by atoms with Gasteiger partial charge in [0.1, 0.15) is 5.54 Å². The van der Waals surface area contributed by atoms with Gasteiger partial charge in [-0.15, -0.1) is 0 Å². The third kappa shape index (κ3) is 14.0. The van der Waals surface area contributed by atoms with E-state index >= 15 is 0 Å². The summed E-state index contributed by atoms with van der Waals surface area (Å²) in [6, 6.07) is 24.6. The van der Waals surface area contributed by atoms with Crippen LogP contribution >= 0.6 is 0 Å². The molecule has 12 nitrogen and oxygen atoms in total. The van der Waals surface area contributed by atoms with Gasteiger partial charge in [-0.2, -0.15) is 39.5 Å². The molecule has 5 aliphatic rings. The summed E-state index contributed by atoms with van der Waals surface area (Å²) in [6.45, 7) is 7.23. The number of carbonyl (C=O) groups is 3. The van der Waals surface area contributed by atoms with Crippen LogP contribution in [0, 0.1) is 6.92 Å². The Morgan fingerprint density at radius 1 is 0.711 bits per heavy atom. The first-order valence-corrected chi connectivity index (χ1v) is 25.1. The number of nitrogens with zero attached hydrogens (tertiary/aromatic N) is 2. The van der Waals surface area contributed by atoms with Gasteiger partial charge in [-0.3, -0.25) is 24.3 Å². The molecular weight excluding hydrogens is 1010 g/mol. The molecule has 3 aliphatic heterocycles. The number of rotatable bonds is 13. The van der Waals surface area contributed by atoms with Crippen LogP contribution in [-0.2, 0) is 53.5 Å². The normalized spacial score (nSPS) is 24.3. The predicted molar refractivity (Wildman–Crippen MR) is 265 cm³/mol. The van der Waals surface area contributed by atoms with E-state index in [1.54, 1.807) is 31.2 Å². The van der Waals surface area contributed by atoms with Crippen LogP contribution in [0.2, 0.25) is 0 Å². The number of carbonyl (C=O) groups excluding carboxylic acids is 2. The van der Waals surface area contributed by atoms with E-state index in [1.807, 2.05) is 60.7 Å². The molecular formula is C55H63F9N6O6. The van der Waals surface area contributed by atoms with E-state index in [0.717, 1.165) is 49.4 Å². The average molecular weight is 1080 g/mol. The van der Waals surface area contributed by atoms with Crippen molar-refractivity contribution in [1.29, 1.82) is 0 Å². The fourth-order valence-electron chi connectivity index (χ4n) is 9.71. The highest BCUT2D eigenvalue weighted by Gasteiger charge is 2.56. The molecule has 3 heterocycles. The third-order valence-electron chi connectivity index (χ3n) is 14.7. The number of carboxylic acid groups (broad SMARTS) is 1. The number of nitrogens with one attached hydrogen (secondary N) is 3. The zero-order valence-corrected chi connectivity index (χ0v) is 42.5. The number of nitrogens with two attached hydrogens (primary N) is 1. The number of hydrogen-bond donors (Lipinski definition) is 5. The summed E-state index contributed by atoms with van der Waals surface area (Å²) in [4.78, 5) is 40.2. The fourth-order valence-corrected chi connectivity index (χ4v) is 9.71. The molecule has 21 heteroatoms. The van der Waals surface area contributed by atoms with Crippen LogP contribution in [-0.4, -0.2) is 83.6 Å². The topological polar surface area (TPSA) is 168 Å². The van der Waals surface area contributed by atoms with Gasteiger partial charge >= 0.3 is 18.5 Å². The monoisotopic (exact) mass is 1070 g/mol. The number of aliphatic imine (C=N–C) groups is 1. The molecule has 6 atom stereocenters. The van der Waals surface area contributed by atoms with Crippen molar-refractivity contribution in [2.45, 2.75) is 144 Å². The maximum Gasteiger partial charge on any atom is 0.416 e. The standard InChI is InChI=1S/C27H27F6N3O2.C26H32F3N3O2.C2H4O2/c1-17(18-11-20(26(28,29)30)13-21(12-18)27(31,32)33)38-15-25(19-5-3-2-4-6-19)8-7-22(14-34-25)36-16-35-24(9-10-24)23(36)37;1-17-12-19(14-21(13-17)26(27,28)29)18(2)34-16-25(20-6-4-3-5-7-20)9-8-22(15-31-25)32-23(33)24(30)10-11-24;1-2(3)4/h2-6,11-13,16-17,22,34H,7-10,14-15H2,1H3;3-7,12-14,18,22,31H,8-11,15-16,30H2,1-2H3,(H,32,33);1H3,(H,3,4)/t17-,22+,25-;18-,22+,25-;/m11./s1. The summed E-state index contributed by atoms with van der Waals surface area (Å²) in [6.07, 6.45) is -8.68. The summed E-state index contributed by atoms with van der Waals surface area (Å²) in [5.41, 5.74) is 2.81. The van der Waals surface area contributed by atoms with Crippen molar-refractivity contribution in [2.75, 3.05) is 26.3 Å². The number of aryl methyl sites for hydroxylation is 1. The summed E-state index contributed by atoms with van der Waals surface area (Å²) in [7, 11) is 0. The van der Waals surface area contributed by atoms with Crippen LogP contribution < -0.4 is 21.7 Å². The van der Waals surface area contributed by atoms with E-state index in [2.05, 4.69) is 20.9 Å². The number of carboxylic acids is 1. The van der Waals surface area contributed by atoms with E-state index in [9.17, 15) is 49.1 Å². The number of amides is 2. The number of hydrogen-bond acceptors (Lipinski definition) is 9. The second-order valence-electron chi connectivity index (χ2n) is 20.6. The third-order valence-corrected chi connectivity index (χ3v) is 14.7. The van der Waals surface area contributed by atoms with Crippen molar-refractivity contribution >= 4 is 24.1 Å². The number of halogens is 9. The lowest BCUT2D eigenvalue weighted by Gasteiger charge is -2.44. The Morgan fingerprint density at radius 2 is 1.16 bits per heavy atom. The first-order valence-electron chi connectivity index (χ1n) is 25.1. The zero-order valence-electron chi connectivity index (χ0n) is 42.5. The average Bonchev–Trinajstić information content (AvgIpc) is 4.31. The molecule has 2 aliphatic carbocycles. The number of ether oxygens (including phenoxy) is 2. The van der Waals surface area contributed by atoms with Gasteiger partial charge in [0, 0.05) is 26.1 Å². The molecule has 4 aromatic rings. The highest BCUT2D eigenvalue weighted by molar-refractivity contribution is 6.02. The van der Waals surface area contributed by atoms with Gasteiger partial charge in [-0.25, -0.2) is 0 Å². The van der Waals surface area contributed by atoms with Crippen LogP contribution in [0.1, 0.15) is 129 Å². The molecule has 6 N–H and O–H groups in total. The first-order chi connectivity index (χ1) is 35.6. The molecule has 76 heavy (non-hydrogen) atoms. The van der Waals surface area contributed by atoms with Crippen molar-refractivity contribution in [1.82, 2.24) is 20.9 Å². The molecule has 1 spiro atoms. The lowest BCUT2D eigenvalue weighted by molar-refractivity contribution is -0.143. The van der Waals surface area contributed by atoms with Gasteiger partial charge in [0.25, 0.3) is 11.9 Å². The lowest BCUT2D eigenvalue weighted by Crippen LogP contribution is -2.59. The summed E-state index contributed by atoms with van der Waals surface area (Å²) in [5, 5.41) is 17.5. The van der Waals surface area contributed by atoms with E-state index in [4.69, 9.17) is 25.1 Å². The summed E-state index contributed by atoms with van der Waals surface area (Å²) in [5.74, 6) is -0.928. The van der Waals surface area contributed by atoms with Crippen molar-refractivity contribution in [3.63, 3.8) is 0 Å². The Labute approximate surface area is 435 Å². The van der Waals surface area contributed by atoms with Crippen LogP contribution in [0.15, 0.2) is 102 Å². The van der Waals surface area contributed by atoms with E-state index in [1.165, 1.54) is 6.92 Å². The Bertz CT molecular complexity index is 2660. The molecule has 2 amide bonds. The van der Waals surface area contributed by atoms with Gasteiger partial charge in [-0.1, -0.05) is 72.3 Å². The van der Waals surface area contributed by atoms with Crippen molar-refractivity contribution in [3.8, 4) is 0 Å². The molecule has 0 bridgehead atoms. The Hall–Kier alpha value is -5.87. The molecule has 0 unspecified atom stereocenters. The Balaban J connectivity index is 0.000000208. The fraction of sp³-hybridized carbons (Fsp3) is 0.491. The minimum Gasteiger partial charge on any atom is -0.481 e. The number of alkyl halides is 9. The molecule has 4 aromatic carbocycles. The smallest absolute Gasteiger partial charge is 0.416 e. The van der Waals surface area contributed by atoms with Gasteiger partial charge < -0.3 is 36.3 Å². The molecule has 0 aromatic heterocycles. The summed E-state index contributed by atoms with van der Waals surface area (Å²) >= 11 is 0. The highest BCUT2D eigenvalue weighted by atomic mass is 19.4. The molecule has 2 saturated carbocycles. The van der Waals surface area contributed by atoms with Gasteiger partial charge in [0.05, 0.1) is 71.1 Å². The minimum atomic E-state index is -4.93. The van der Waals surface area contributed by atoms with Crippen molar-refractivity contribution in [3.05, 3.63) is 142 Å². The predicted octanol–water partition coefficient (Wildman–Crippen LogP) is 10.3. The maximum atomic E-state index is 13.3. The minimum absolute atomic E-state index is 0.00592. The zero-order chi connectivity index (χ0) is 55.5. The van der Waals surface area contributed by atoms with Crippen LogP contribution in [0.5, 0.6) is 0 Å². The van der Waals surface area contributed by atoms with E-state index < -0.39 is 75.6 Å². The van der Waals surface area contributed by atoms with Gasteiger partial charge in [0.15, 0.2) is 0 Å². The van der Waals surface area contributed by atoms with E-state index in [0.29, 0.717) is 68.5 Å². The molecule has 9 rings (SSSR count). The largest absolute Gasteiger partial charge is 0.481 e. The highest BCUT2D eigenvalue weighted by Crippen LogP contribution is 2.46. The number of aliphatic carboxylic acids is 1. The summed E-state index contributed by atoms with van der Waals surface area (Å²) < 4.78 is 132. The van der Waals surface area contributed by atoms with Crippen LogP contribution in [0.25, 0.3) is 0 Å². The quantitative estimate of drug-likeness (QED) is 0.0819. The number of benzene rings is 4. The van der Waals surface area contributed by atoms with E-state index in [-0.39, 0.29) is 48.7 Å².